The number of fused-ring (bicyclic) bond motifs is 1. The number of aromatic amines is 1. The minimum atomic E-state index is 0.466. The smallest absolute Gasteiger partial charge is 0.130 e. The lowest BCUT2D eigenvalue weighted by Crippen LogP contribution is -2.41. The summed E-state index contributed by atoms with van der Waals surface area (Å²) in [6, 6.07) is 16.4. The molecule has 0 unspecified atom stereocenters. The van der Waals surface area contributed by atoms with Crippen molar-refractivity contribution < 1.29 is 4.74 Å². The van der Waals surface area contributed by atoms with Crippen molar-refractivity contribution in [3.8, 4) is 11.1 Å². The number of ether oxygens (including phenoxy) is 1. The lowest BCUT2D eigenvalue weighted by atomic mass is 10.0. The normalized spacial score (nSPS) is 14.6. The highest BCUT2D eigenvalue weighted by Gasteiger charge is 2.19. The van der Waals surface area contributed by atoms with Gasteiger partial charge in [0.15, 0.2) is 0 Å². The number of anilines is 1. The van der Waals surface area contributed by atoms with Gasteiger partial charge in [0.1, 0.15) is 5.82 Å². The Labute approximate surface area is 203 Å². The number of rotatable bonds is 7. The fraction of sp³-hybridized carbons (Fsp3) is 0.280. The highest BCUT2D eigenvalue weighted by atomic mass is 35.5. The van der Waals surface area contributed by atoms with Crippen LogP contribution in [0.15, 0.2) is 60.9 Å². The van der Waals surface area contributed by atoms with E-state index in [4.69, 9.17) is 32.9 Å². The molecule has 2 aromatic carbocycles. The number of hydrogen-bond acceptors (Lipinski definition) is 5. The van der Waals surface area contributed by atoms with Crippen LogP contribution in [0.3, 0.4) is 0 Å². The topological polar surface area (TPSA) is 57.3 Å². The number of nitrogens with zero attached hydrogens (tertiary/aromatic N) is 4. The Hall–Kier alpha value is -2.64. The van der Waals surface area contributed by atoms with Crippen molar-refractivity contribution >= 4 is 39.9 Å². The predicted octanol–water partition coefficient (Wildman–Crippen LogP) is 5.27. The number of hydrogen-bond donors (Lipinski definition) is 1. The number of H-pyrrole nitrogens is 1. The van der Waals surface area contributed by atoms with Gasteiger partial charge < -0.3 is 9.64 Å². The van der Waals surface area contributed by atoms with Crippen molar-refractivity contribution in [2.24, 2.45) is 0 Å². The summed E-state index contributed by atoms with van der Waals surface area (Å²) in [7, 11) is 0. The fourth-order valence-electron chi connectivity index (χ4n) is 4.18. The highest BCUT2D eigenvalue weighted by molar-refractivity contribution is 6.45. The van der Waals surface area contributed by atoms with Gasteiger partial charge in [-0.2, -0.15) is 5.10 Å². The molecule has 33 heavy (non-hydrogen) atoms. The van der Waals surface area contributed by atoms with Crippen molar-refractivity contribution in [2.75, 3.05) is 44.3 Å². The second-order valence-corrected chi connectivity index (χ2v) is 8.92. The number of pyridine rings is 1. The van der Waals surface area contributed by atoms with Gasteiger partial charge in [-0.25, -0.2) is 4.98 Å². The first-order valence-corrected chi connectivity index (χ1v) is 11.8. The Morgan fingerprint density at radius 3 is 2.64 bits per heavy atom. The molecule has 6 nitrogen and oxygen atoms in total. The van der Waals surface area contributed by atoms with E-state index in [1.165, 1.54) is 5.56 Å². The first-order chi connectivity index (χ1) is 16.2. The zero-order valence-electron chi connectivity index (χ0n) is 18.2. The maximum Gasteiger partial charge on any atom is 0.130 e. The molecule has 1 saturated heterocycles. The lowest BCUT2D eigenvalue weighted by Gasteiger charge is -2.31. The van der Waals surface area contributed by atoms with Crippen LogP contribution in [-0.2, 0) is 11.3 Å². The largest absolute Gasteiger partial charge is 0.379 e. The van der Waals surface area contributed by atoms with Crippen molar-refractivity contribution in [3.63, 3.8) is 0 Å². The molecule has 0 saturated carbocycles. The standard InChI is InChI=1S/C25H25Cl2N5O/c26-22-7-6-20-21(19-15-28-29-16-19)14-23(30-25(20)24(22)27)32(17-18-4-2-1-3-5-18)9-8-31-10-12-33-13-11-31/h1-7,14-16H,8-13,17H2,(H,28,29). The summed E-state index contributed by atoms with van der Waals surface area (Å²) in [4.78, 5) is 9.75. The summed E-state index contributed by atoms with van der Waals surface area (Å²) in [5.74, 6) is 0.861. The molecule has 3 heterocycles. The third kappa shape index (κ3) is 4.99. The second-order valence-electron chi connectivity index (χ2n) is 8.13. The van der Waals surface area contributed by atoms with Crippen LogP contribution in [0.4, 0.5) is 5.82 Å². The molecule has 0 spiro atoms. The molecule has 2 aromatic heterocycles. The summed E-state index contributed by atoms with van der Waals surface area (Å²) in [6.07, 6.45) is 3.70. The van der Waals surface area contributed by atoms with Crippen LogP contribution < -0.4 is 4.90 Å². The Kier molecular flexibility index (Phi) is 6.78. The second kappa shape index (κ2) is 10.1. The van der Waals surface area contributed by atoms with E-state index in [1.807, 2.05) is 30.6 Å². The molecular weight excluding hydrogens is 457 g/mol. The van der Waals surface area contributed by atoms with Gasteiger partial charge in [0, 0.05) is 49.9 Å². The van der Waals surface area contributed by atoms with E-state index in [-0.39, 0.29) is 0 Å². The molecule has 4 aromatic rings. The molecule has 0 aliphatic carbocycles. The molecule has 1 fully saturated rings. The molecule has 170 valence electrons. The average molecular weight is 482 g/mol. The lowest BCUT2D eigenvalue weighted by molar-refractivity contribution is 0.0391. The number of benzene rings is 2. The average Bonchev–Trinajstić information content (AvgIpc) is 3.40. The van der Waals surface area contributed by atoms with E-state index in [9.17, 15) is 0 Å². The molecule has 1 N–H and O–H groups in total. The summed E-state index contributed by atoms with van der Waals surface area (Å²) >= 11 is 13.0. The zero-order valence-corrected chi connectivity index (χ0v) is 19.7. The molecule has 8 heteroatoms. The van der Waals surface area contributed by atoms with Crippen LogP contribution >= 0.6 is 23.2 Å². The predicted molar refractivity (Wildman–Crippen MR) is 134 cm³/mol. The first kappa shape index (κ1) is 22.2. The molecule has 1 aliphatic rings. The molecule has 5 rings (SSSR count). The Balaban J connectivity index is 1.57. The van der Waals surface area contributed by atoms with Crippen LogP contribution in [0, 0.1) is 0 Å². The van der Waals surface area contributed by atoms with E-state index in [0.717, 1.165) is 68.3 Å². The number of nitrogens with one attached hydrogen (secondary N) is 1. The number of aromatic nitrogens is 3. The van der Waals surface area contributed by atoms with Gasteiger partial charge in [0.05, 0.1) is 35.0 Å². The summed E-state index contributed by atoms with van der Waals surface area (Å²) in [5.41, 5.74) is 3.92. The van der Waals surface area contributed by atoms with Gasteiger partial charge in [0.25, 0.3) is 0 Å². The molecular formula is C25H25Cl2N5O. The van der Waals surface area contributed by atoms with Crippen molar-refractivity contribution in [1.29, 1.82) is 0 Å². The van der Waals surface area contributed by atoms with Crippen molar-refractivity contribution in [2.45, 2.75) is 6.54 Å². The van der Waals surface area contributed by atoms with Crippen molar-refractivity contribution in [1.82, 2.24) is 20.1 Å². The summed E-state index contributed by atoms with van der Waals surface area (Å²) < 4.78 is 5.51. The zero-order chi connectivity index (χ0) is 22.6. The molecule has 0 bridgehead atoms. The van der Waals surface area contributed by atoms with Crippen molar-refractivity contribution in [3.05, 3.63) is 76.5 Å². The van der Waals surface area contributed by atoms with Crippen LogP contribution in [0.2, 0.25) is 10.0 Å². The van der Waals surface area contributed by atoms with Gasteiger partial charge in [-0.15, -0.1) is 0 Å². The SMILES string of the molecule is Clc1ccc2c(-c3cn[nH]c3)cc(N(CCN3CCOCC3)Cc3ccccc3)nc2c1Cl. The van der Waals surface area contributed by atoms with E-state index < -0.39 is 0 Å². The van der Waals surface area contributed by atoms with E-state index >= 15 is 0 Å². The molecule has 0 amide bonds. The van der Waals surface area contributed by atoms with Gasteiger partial charge in [-0.3, -0.25) is 10.00 Å². The molecule has 0 radical (unpaired) electrons. The number of halogens is 2. The van der Waals surface area contributed by atoms with E-state index in [0.29, 0.717) is 15.6 Å². The number of morpholine rings is 1. The Morgan fingerprint density at radius 1 is 1.06 bits per heavy atom. The van der Waals surface area contributed by atoms with Gasteiger partial charge >= 0.3 is 0 Å². The Bertz CT molecular complexity index is 1210. The van der Waals surface area contributed by atoms with Gasteiger partial charge in [-0.05, 0) is 23.3 Å². The first-order valence-electron chi connectivity index (χ1n) is 11.1. The van der Waals surface area contributed by atoms with Gasteiger partial charge in [-0.1, -0.05) is 59.6 Å². The highest BCUT2D eigenvalue weighted by Crippen LogP contribution is 2.37. The summed E-state index contributed by atoms with van der Waals surface area (Å²) in [5, 5.41) is 8.97. The minimum Gasteiger partial charge on any atom is -0.379 e. The Morgan fingerprint density at radius 2 is 1.88 bits per heavy atom. The van der Waals surface area contributed by atoms with Gasteiger partial charge in [0.2, 0.25) is 0 Å². The third-order valence-corrected chi connectivity index (χ3v) is 6.79. The maximum absolute atomic E-state index is 6.64. The molecule has 0 atom stereocenters. The third-order valence-electron chi connectivity index (χ3n) is 6.00. The van der Waals surface area contributed by atoms with Crippen LogP contribution in [-0.4, -0.2) is 59.5 Å². The minimum absolute atomic E-state index is 0.466. The van der Waals surface area contributed by atoms with E-state index in [1.54, 1.807) is 0 Å². The van der Waals surface area contributed by atoms with Crippen LogP contribution in [0.1, 0.15) is 5.56 Å². The summed E-state index contributed by atoms with van der Waals surface area (Å²) in [6.45, 7) is 5.97. The monoisotopic (exact) mass is 481 g/mol. The quantitative estimate of drug-likeness (QED) is 0.389. The van der Waals surface area contributed by atoms with Crippen LogP contribution in [0.5, 0.6) is 0 Å². The van der Waals surface area contributed by atoms with E-state index in [2.05, 4.69) is 50.3 Å². The fourth-order valence-corrected chi connectivity index (χ4v) is 4.54. The molecule has 1 aliphatic heterocycles. The maximum atomic E-state index is 6.64. The van der Waals surface area contributed by atoms with Crippen LogP contribution in [0.25, 0.3) is 22.0 Å².